The highest BCUT2D eigenvalue weighted by molar-refractivity contribution is 7.80. The van der Waals surface area contributed by atoms with Crippen molar-refractivity contribution in [3.63, 3.8) is 0 Å². The van der Waals surface area contributed by atoms with Crippen LogP contribution < -0.4 is 10.4 Å². The third kappa shape index (κ3) is 9.69. The Morgan fingerprint density at radius 2 is 1.59 bits per heavy atom. The molecule has 0 bridgehead atoms. The van der Waals surface area contributed by atoms with Crippen LogP contribution >= 0.6 is 12.2 Å². The van der Waals surface area contributed by atoms with Gasteiger partial charge < -0.3 is 23.9 Å². The fourth-order valence-electron chi connectivity index (χ4n) is 6.31. The molecule has 8 heteroatoms. The van der Waals surface area contributed by atoms with E-state index in [9.17, 15) is 9.90 Å². The smallest absolute Gasteiger partial charge is 0.308 e. The second-order valence-electron chi connectivity index (χ2n) is 12.7. The maximum atomic E-state index is 12.0. The molecule has 0 aromatic heterocycles. The van der Waals surface area contributed by atoms with Crippen LogP contribution in [0, 0.1) is 0 Å². The lowest BCUT2D eigenvalue weighted by molar-refractivity contribution is -0.147. The zero-order chi connectivity index (χ0) is 32.2. The van der Waals surface area contributed by atoms with Crippen LogP contribution in [0.1, 0.15) is 65.7 Å². The fourth-order valence-corrected chi connectivity index (χ4v) is 11.4. The maximum Gasteiger partial charge on any atom is 0.308 e. The fraction of sp³-hybridized carbons (Fsp3) is 0.500. The number of nitrogens with zero attached hydrogens (tertiary/aromatic N) is 1. The summed E-state index contributed by atoms with van der Waals surface area (Å²) in [7, 11) is -1.50. The maximum absolute atomic E-state index is 12.0. The molecule has 1 saturated heterocycles. The summed E-state index contributed by atoms with van der Waals surface area (Å²) in [5.74, 6) is -0.261. The molecule has 0 radical (unpaired) electrons. The van der Waals surface area contributed by atoms with Crippen LogP contribution in [-0.4, -0.2) is 73.9 Å². The first-order valence-corrected chi connectivity index (χ1v) is 18.0. The number of rotatable bonds is 16. The minimum atomic E-state index is -2.91. The Hall–Kier alpha value is -2.62. The number of esters is 1. The second-order valence-corrected chi connectivity index (χ2v) is 17.4. The van der Waals surface area contributed by atoms with E-state index in [2.05, 4.69) is 82.5 Å². The first-order valence-electron chi connectivity index (χ1n) is 15.7. The first-order chi connectivity index (χ1) is 21.0. The van der Waals surface area contributed by atoms with E-state index in [4.69, 9.17) is 26.1 Å². The SMILES string of the molecule is C=CCN(CC=C)C(=S)CC(O)C[C@@H](C[C@@H]1CCC[C@H](CC(=O)OC)O1)O[Si](c1ccccc1)(c1ccccc1)C(C)(C)C. The molecule has 1 N–H and O–H groups in total. The highest BCUT2D eigenvalue weighted by atomic mass is 32.1. The van der Waals surface area contributed by atoms with Gasteiger partial charge in [-0.15, -0.1) is 13.2 Å². The van der Waals surface area contributed by atoms with E-state index in [0.29, 0.717) is 37.3 Å². The zero-order valence-corrected chi connectivity index (χ0v) is 28.8. The molecule has 0 aliphatic carbocycles. The Balaban J connectivity index is 1.98. The number of carbonyl (C=O) groups is 1. The normalized spacial score (nSPS) is 18.6. The van der Waals surface area contributed by atoms with Crippen LogP contribution in [0.25, 0.3) is 0 Å². The zero-order valence-electron chi connectivity index (χ0n) is 27.0. The topological polar surface area (TPSA) is 68.2 Å². The minimum Gasteiger partial charge on any atom is -0.469 e. The van der Waals surface area contributed by atoms with Gasteiger partial charge in [-0.05, 0) is 47.5 Å². The van der Waals surface area contributed by atoms with Crippen molar-refractivity contribution in [1.82, 2.24) is 4.90 Å². The molecule has 6 nitrogen and oxygen atoms in total. The first kappa shape index (κ1) is 35.9. The number of benzene rings is 2. The van der Waals surface area contributed by atoms with Crippen molar-refractivity contribution in [1.29, 1.82) is 0 Å². The van der Waals surface area contributed by atoms with Gasteiger partial charge in [-0.2, -0.15) is 0 Å². The summed E-state index contributed by atoms with van der Waals surface area (Å²) in [6.45, 7) is 15.7. The molecular formula is C36H51NO5SSi. The van der Waals surface area contributed by atoms with Gasteiger partial charge in [-0.1, -0.05) is 106 Å². The molecule has 44 heavy (non-hydrogen) atoms. The van der Waals surface area contributed by atoms with E-state index in [0.717, 1.165) is 19.3 Å². The minimum absolute atomic E-state index is 0.0983. The van der Waals surface area contributed by atoms with Gasteiger partial charge in [-0.3, -0.25) is 4.79 Å². The summed E-state index contributed by atoms with van der Waals surface area (Å²) in [5.41, 5.74) is 0. The van der Waals surface area contributed by atoms with Crippen molar-refractivity contribution >= 4 is 41.9 Å². The lowest BCUT2D eigenvalue weighted by atomic mass is 9.96. The number of aliphatic hydroxyl groups is 1. The molecule has 1 unspecified atom stereocenters. The molecule has 1 heterocycles. The molecule has 1 fully saturated rings. The second kappa shape index (κ2) is 17.2. The van der Waals surface area contributed by atoms with Gasteiger partial charge in [0.25, 0.3) is 8.32 Å². The summed E-state index contributed by atoms with van der Waals surface area (Å²) >= 11 is 5.76. The van der Waals surface area contributed by atoms with Crippen molar-refractivity contribution in [2.24, 2.45) is 0 Å². The molecule has 4 atom stereocenters. The van der Waals surface area contributed by atoms with Crippen molar-refractivity contribution in [2.45, 2.75) is 95.2 Å². The summed E-state index contributed by atoms with van der Waals surface area (Å²) in [6, 6.07) is 21.1. The summed E-state index contributed by atoms with van der Waals surface area (Å²) in [5, 5.41) is 13.7. The number of hydrogen-bond acceptors (Lipinski definition) is 6. The molecule has 1 aliphatic rings. The van der Waals surface area contributed by atoms with Crippen LogP contribution in [0.2, 0.25) is 5.04 Å². The third-order valence-corrected chi connectivity index (χ3v) is 13.9. The van der Waals surface area contributed by atoms with Gasteiger partial charge in [0.1, 0.15) is 0 Å². The van der Waals surface area contributed by atoms with E-state index in [1.165, 1.54) is 17.5 Å². The number of carbonyl (C=O) groups excluding carboxylic acids is 1. The third-order valence-electron chi connectivity index (χ3n) is 8.34. The summed E-state index contributed by atoms with van der Waals surface area (Å²) < 4.78 is 18.9. The van der Waals surface area contributed by atoms with Crippen molar-refractivity contribution in [2.75, 3.05) is 20.2 Å². The molecule has 3 rings (SSSR count). The molecular weight excluding hydrogens is 587 g/mol. The molecule has 2 aromatic rings. The van der Waals surface area contributed by atoms with E-state index in [1.54, 1.807) is 0 Å². The lowest BCUT2D eigenvalue weighted by Crippen LogP contribution is -2.68. The summed E-state index contributed by atoms with van der Waals surface area (Å²) in [4.78, 5) is 14.7. The Labute approximate surface area is 271 Å². The highest BCUT2D eigenvalue weighted by Crippen LogP contribution is 2.39. The van der Waals surface area contributed by atoms with Gasteiger partial charge in [0.15, 0.2) is 0 Å². The average Bonchev–Trinajstić information content (AvgIpc) is 3.00. The van der Waals surface area contributed by atoms with Crippen LogP contribution in [0.5, 0.6) is 0 Å². The van der Waals surface area contributed by atoms with Crippen LogP contribution in [0.4, 0.5) is 0 Å². The highest BCUT2D eigenvalue weighted by Gasteiger charge is 2.51. The van der Waals surface area contributed by atoms with Crippen molar-refractivity contribution in [3.8, 4) is 0 Å². The number of aliphatic hydroxyl groups excluding tert-OH is 1. The predicted octanol–water partition coefficient (Wildman–Crippen LogP) is 5.97. The van der Waals surface area contributed by atoms with E-state index in [1.807, 2.05) is 29.2 Å². The predicted molar refractivity (Wildman–Crippen MR) is 186 cm³/mol. The Kier molecular flexibility index (Phi) is 14.0. The standard InChI is InChI=1S/C36H51NO5SSi/c1-7-22-37(23-8-2)34(43)25-28(38)24-31(26-29-16-15-17-30(41-29)27-35(39)40-6)42-44(36(3,4)5,32-18-11-9-12-19-32)33-20-13-10-14-21-33/h7-14,18-21,28-31,38H,1-2,15-17,22-27H2,3-6H3/t28?,29-,30+,31-/m0/s1. The van der Waals surface area contributed by atoms with Gasteiger partial charge in [-0.25, -0.2) is 0 Å². The van der Waals surface area contributed by atoms with E-state index >= 15 is 0 Å². The van der Waals surface area contributed by atoms with Crippen molar-refractivity contribution < 1.29 is 23.8 Å². The molecule has 1 aliphatic heterocycles. The average molecular weight is 638 g/mol. The molecule has 0 saturated carbocycles. The van der Waals surface area contributed by atoms with Gasteiger partial charge in [0.05, 0.1) is 42.9 Å². The molecule has 0 amide bonds. The monoisotopic (exact) mass is 637 g/mol. The quantitative estimate of drug-likeness (QED) is 0.105. The number of ether oxygens (including phenoxy) is 2. The Morgan fingerprint density at radius 1 is 1.05 bits per heavy atom. The van der Waals surface area contributed by atoms with Gasteiger partial charge >= 0.3 is 5.97 Å². The largest absolute Gasteiger partial charge is 0.469 e. The van der Waals surface area contributed by atoms with Crippen LogP contribution in [0.15, 0.2) is 86.0 Å². The van der Waals surface area contributed by atoms with Gasteiger partial charge in [0.2, 0.25) is 0 Å². The molecule has 0 spiro atoms. The summed E-state index contributed by atoms with van der Waals surface area (Å²) in [6.07, 6.45) is 6.57. The lowest BCUT2D eigenvalue weighted by Gasteiger charge is -2.46. The Bertz CT molecular complexity index is 1150. The number of thiocarbonyl (C=S) groups is 1. The molecule has 240 valence electrons. The van der Waals surface area contributed by atoms with Crippen molar-refractivity contribution in [3.05, 3.63) is 86.0 Å². The van der Waals surface area contributed by atoms with Gasteiger partial charge in [0, 0.05) is 19.5 Å². The molecule has 2 aromatic carbocycles. The number of hydrogen-bond donors (Lipinski definition) is 1. The van der Waals surface area contributed by atoms with E-state index in [-0.39, 0.29) is 35.7 Å². The Morgan fingerprint density at radius 3 is 2.09 bits per heavy atom. The number of methoxy groups -OCH3 is 1. The van der Waals surface area contributed by atoms with Crippen LogP contribution in [0.3, 0.4) is 0 Å². The van der Waals surface area contributed by atoms with E-state index < -0.39 is 14.4 Å². The van der Waals surface area contributed by atoms with Crippen LogP contribution in [-0.2, 0) is 18.7 Å².